The quantitative estimate of drug-likeness (QED) is 0.232. The number of carbonyl (C=O) groups excluding carboxylic acids is 1. The van der Waals surface area contributed by atoms with E-state index < -0.39 is 22.5 Å². The number of aryl methyl sites for hydroxylation is 1. The molecule has 9 heteroatoms. The Bertz CT molecular complexity index is 1290. The maximum Gasteiger partial charge on any atom is 0.255 e. The van der Waals surface area contributed by atoms with E-state index >= 15 is 0 Å². The molecule has 35 heavy (non-hydrogen) atoms. The first-order chi connectivity index (χ1) is 16.8. The Labute approximate surface area is 210 Å². The lowest BCUT2D eigenvalue weighted by Crippen LogP contribution is -2.39. The molecule has 3 aromatic rings. The predicted molar refractivity (Wildman–Crippen MR) is 138 cm³/mol. The summed E-state index contributed by atoms with van der Waals surface area (Å²) in [7, 11) is -3.98. The highest BCUT2D eigenvalue weighted by Gasteiger charge is 2.27. The first kappa shape index (κ1) is 26.2. The number of amides is 1. The molecule has 1 amide bonds. The number of ether oxygens (including phenoxy) is 1. The number of sulfonamides is 1. The van der Waals surface area contributed by atoms with Crippen molar-refractivity contribution in [2.24, 2.45) is 5.10 Å². The molecule has 0 fully saturated rings. The normalized spacial score (nSPS) is 11.5. The predicted octanol–water partition coefficient (Wildman–Crippen LogP) is 4.55. The average molecular weight is 512 g/mol. The fraction of sp³-hybridized carbons (Fsp3) is 0.154. The number of rotatable bonds is 11. The molecule has 0 heterocycles. The van der Waals surface area contributed by atoms with Crippen LogP contribution in [-0.2, 0) is 21.4 Å². The summed E-state index contributed by atoms with van der Waals surface area (Å²) in [6.45, 7) is 5.36. The maximum atomic E-state index is 13.3. The molecule has 0 aromatic heterocycles. The van der Waals surface area contributed by atoms with Gasteiger partial charge in [0.15, 0.2) is 0 Å². The number of hydrogen-bond donors (Lipinski definition) is 1. The molecule has 3 aromatic carbocycles. The van der Waals surface area contributed by atoms with Crippen molar-refractivity contribution in [2.45, 2.75) is 18.4 Å². The SMILES string of the molecule is C=CCOc1ccc(/C=N\NC(=O)CN(Cc2ccccc2Cl)S(=O)(=O)c2ccc(C)cc2)cc1. The summed E-state index contributed by atoms with van der Waals surface area (Å²) < 4.78 is 33.2. The van der Waals surface area contributed by atoms with E-state index in [1.165, 1.54) is 18.3 Å². The Morgan fingerprint density at radius 2 is 1.77 bits per heavy atom. The number of halogens is 1. The van der Waals surface area contributed by atoms with Gasteiger partial charge in [-0.05, 0) is 60.5 Å². The van der Waals surface area contributed by atoms with Crippen LogP contribution < -0.4 is 10.2 Å². The van der Waals surface area contributed by atoms with Gasteiger partial charge in [-0.3, -0.25) is 4.79 Å². The molecule has 0 aliphatic rings. The minimum absolute atomic E-state index is 0.0702. The van der Waals surface area contributed by atoms with Gasteiger partial charge in [-0.1, -0.05) is 60.2 Å². The molecule has 0 unspecified atom stereocenters. The van der Waals surface area contributed by atoms with Gasteiger partial charge >= 0.3 is 0 Å². The molecule has 0 radical (unpaired) electrons. The van der Waals surface area contributed by atoms with E-state index in [0.717, 1.165) is 15.4 Å². The summed E-state index contributed by atoms with van der Waals surface area (Å²) in [5.41, 5.74) is 4.63. The lowest BCUT2D eigenvalue weighted by molar-refractivity contribution is -0.121. The zero-order chi connectivity index (χ0) is 25.3. The topological polar surface area (TPSA) is 88.1 Å². The van der Waals surface area contributed by atoms with E-state index in [0.29, 0.717) is 22.9 Å². The third kappa shape index (κ3) is 7.51. The zero-order valence-electron chi connectivity index (χ0n) is 19.2. The Morgan fingerprint density at radius 3 is 2.43 bits per heavy atom. The van der Waals surface area contributed by atoms with Gasteiger partial charge in [0.2, 0.25) is 10.0 Å². The van der Waals surface area contributed by atoms with E-state index in [1.54, 1.807) is 66.7 Å². The molecule has 0 atom stereocenters. The summed E-state index contributed by atoms with van der Waals surface area (Å²) in [5.74, 6) is 0.0949. The molecule has 0 spiro atoms. The summed E-state index contributed by atoms with van der Waals surface area (Å²) >= 11 is 6.25. The molecule has 0 saturated carbocycles. The molecule has 0 aliphatic heterocycles. The maximum absolute atomic E-state index is 13.3. The molecule has 182 valence electrons. The molecule has 0 bridgehead atoms. The molecule has 1 N–H and O–H groups in total. The fourth-order valence-electron chi connectivity index (χ4n) is 3.08. The Morgan fingerprint density at radius 1 is 1.09 bits per heavy atom. The fourth-order valence-corrected chi connectivity index (χ4v) is 4.65. The zero-order valence-corrected chi connectivity index (χ0v) is 20.8. The third-order valence-corrected chi connectivity index (χ3v) is 7.11. The lowest BCUT2D eigenvalue weighted by Gasteiger charge is -2.22. The van der Waals surface area contributed by atoms with Crippen molar-refractivity contribution in [2.75, 3.05) is 13.2 Å². The lowest BCUT2D eigenvalue weighted by atomic mass is 10.2. The summed E-state index contributed by atoms with van der Waals surface area (Å²) in [6.07, 6.45) is 3.11. The smallest absolute Gasteiger partial charge is 0.255 e. The van der Waals surface area contributed by atoms with Crippen LogP contribution in [0.3, 0.4) is 0 Å². The van der Waals surface area contributed by atoms with Crippen LogP contribution in [0, 0.1) is 6.92 Å². The number of nitrogens with one attached hydrogen (secondary N) is 1. The van der Waals surface area contributed by atoms with Gasteiger partial charge in [-0.25, -0.2) is 13.8 Å². The summed E-state index contributed by atoms with van der Waals surface area (Å²) in [6, 6.07) is 20.4. The van der Waals surface area contributed by atoms with E-state index in [2.05, 4.69) is 17.1 Å². The van der Waals surface area contributed by atoms with Gasteiger partial charge in [-0.2, -0.15) is 9.41 Å². The number of hydrazone groups is 1. The second-order valence-electron chi connectivity index (χ2n) is 7.64. The number of nitrogens with zero attached hydrogens (tertiary/aromatic N) is 2. The van der Waals surface area contributed by atoms with Crippen LogP contribution in [0.1, 0.15) is 16.7 Å². The van der Waals surface area contributed by atoms with E-state index in [-0.39, 0.29) is 11.4 Å². The second kappa shape index (κ2) is 12.3. The van der Waals surface area contributed by atoms with Crippen LogP contribution in [-0.4, -0.2) is 38.0 Å². The third-order valence-electron chi connectivity index (χ3n) is 4.93. The van der Waals surface area contributed by atoms with Crippen LogP contribution in [0.15, 0.2) is 95.4 Å². The monoisotopic (exact) mass is 511 g/mol. The van der Waals surface area contributed by atoms with Crippen molar-refractivity contribution in [1.29, 1.82) is 0 Å². The van der Waals surface area contributed by atoms with Crippen molar-refractivity contribution >= 4 is 33.7 Å². The van der Waals surface area contributed by atoms with Crippen LogP contribution >= 0.6 is 11.6 Å². The van der Waals surface area contributed by atoms with E-state index in [1.807, 2.05) is 6.92 Å². The van der Waals surface area contributed by atoms with Crippen molar-refractivity contribution in [3.63, 3.8) is 0 Å². The van der Waals surface area contributed by atoms with Gasteiger partial charge < -0.3 is 4.74 Å². The van der Waals surface area contributed by atoms with E-state index in [4.69, 9.17) is 16.3 Å². The van der Waals surface area contributed by atoms with Crippen LogP contribution in [0.2, 0.25) is 5.02 Å². The molecule has 0 aliphatic carbocycles. The minimum Gasteiger partial charge on any atom is -0.490 e. The number of hydrogen-bond acceptors (Lipinski definition) is 5. The largest absolute Gasteiger partial charge is 0.490 e. The van der Waals surface area contributed by atoms with E-state index in [9.17, 15) is 13.2 Å². The molecular weight excluding hydrogens is 486 g/mol. The molecule has 7 nitrogen and oxygen atoms in total. The van der Waals surface area contributed by atoms with Crippen molar-refractivity contribution in [3.8, 4) is 5.75 Å². The minimum atomic E-state index is -3.98. The summed E-state index contributed by atoms with van der Waals surface area (Å²) in [4.78, 5) is 12.7. The van der Waals surface area contributed by atoms with Gasteiger partial charge in [0.1, 0.15) is 12.4 Å². The number of carbonyl (C=O) groups is 1. The first-order valence-corrected chi connectivity index (χ1v) is 12.6. The van der Waals surface area contributed by atoms with Gasteiger partial charge in [0, 0.05) is 11.6 Å². The highest BCUT2D eigenvalue weighted by atomic mass is 35.5. The Hall–Kier alpha value is -3.46. The summed E-state index contributed by atoms with van der Waals surface area (Å²) in [5, 5.41) is 4.36. The number of benzene rings is 3. The second-order valence-corrected chi connectivity index (χ2v) is 9.98. The van der Waals surface area contributed by atoms with Gasteiger partial charge in [0.25, 0.3) is 5.91 Å². The molecule has 3 rings (SSSR count). The van der Waals surface area contributed by atoms with Gasteiger partial charge in [-0.15, -0.1) is 0 Å². The van der Waals surface area contributed by atoms with Crippen LogP contribution in [0.25, 0.3) is 0 Å². The van der Waals surface area contributed by atoms with Crippen LogP contribution in [0.4, 0.5) is 0 Å². The van der Waals surface area contributed by atoms with Crippen molar-refractivity contribution < 1.29 is 17.9 Å². The van der Waals surface area contributed by atoms with Gasteiger partial charge in [0.05, 0.1) is 17.7 Å². The van der Waals surface area contributed by atoms with Crippen LogP contribution in [0.5, 0.6) is 5.75 Å². The standard InChI is InChI=1S/C26H26ClN3O4S/c1-3-16-34-23-12-10-21(11-13-23)17-28-29-26(31)19-30(18-22-6-4-5-7-25(22)27)35(32,33)24-14-8-20(2)9-15-24/h3-15,17H,1,16,18-19H2,2H3,(H,29,31)/b28-17-. The Balaban J connectivity index is 1.73. The molecular formula is C26H26ClN3O4S. The highest BCUT2D eigenvalue weighted by molar-refractivity contribution is 7.89. The van der Waals surface area contributed by atoms with Crippen molar-refractivity contribution in [1.82, 2.24) is 9.73 Å². The van der Waals surface area contributed by atoms with Crippen molar-refractivity contribution in [3.05, 3.63) is 107 Å². The first-order valence-electron chi connectivity index (χ1n) is 10.8. The molecule has 0 saturated heterocycles. The highest BCUT2D eigenvalue weighted by Crippen LogP contribution is 2.22. The average Bonchev–Trinajstić information content (AvgIpc) is 2.84. The Kier molecular flexibility index (Phi) is 9.19.